The molecule has 4 rings (SSSR count). The lowest BCUT2D eigenvalue weighted by Gasteiger charge is -2.29. The average molecular weight is 411 g/mol. The Morgan fingerprint density at radius 2 is 1.76 bits per heavy atom. The largest absolute Gasteiger partial charge is 0.493 e. The molecule has 0 amide bonds. The molecular formula is C22H26N4O2S. The van der Waals surface area contributed by atoms with Crippen LogP contribution in [0, 0.1) is 11.7 Å². The van der Waals surface area contributed by atoms with Gasteiger partial charge in [-0.25, -0.2) is 4.68 Å². The number of rotatable bonds is 5. The second kappa shape index (κ2) is 8.00. The van der Waals surface area contributed by atoms with Crippen molar-refractivity contribution in [1.29, 1.82) is 0 Å². The fourth-order valence-corrected chi connectivity index (χ4v) is 4.08. The van der Waals surface area contributed by atoms with Crippen molar-refractivity contribution in [2.75, 3.05) is 20.8 Å². The topological polar surface area (TPSA) is 44.5 Å². The number of aromatic nitrogens is 3. The zero-order valence-corrected chi connectivity index (χ0v) is 18.1. The van der Waals surface area contributed by atoms with Gasteiger partial charge in [-0.3, -0.25) is 4.90 Å². The molecule has 0 aliphatic carbocycles. The van der Waals surface area contributed by atoms with Gasteiger partial charge in [-0.1, -0.05) is 24.3 Å². The SMILES string of the molecule is COc1cc2c(cc1OC)CN(Cn1nc(-c3ccccc3C)n(C)c1=S)CC2. The van der Waals surface area contributed by atoms with E-state index < -0.39 is 0 Å². The van der Waals surface area contributed by atoms with Gasteiger partial charge in [0.05, 0.1) is 20.9 Å². The minimum Gasteiger partial charge on any atom is -0.493 e. The van der Waals surface area contributed by atoms with Gasteiger partial charge in [0.25, 0.3) is 0 Å². The molecule has 0 spiro atoms. The fourth-order valence-electron chi connectivity index (χ4n) is 3.89. The Morgan fingerprint density at radius 1 is 1.07 bits per heavy atom. The van der Waals surface area contributed by atoms with Crippen molar-refractivity contribution in [3.63, 3.8) is 0 Å². The Morgan fingerprint density at radius 3 is 2.45 bits per heavy atom. The van der Waals surface area contributed by atoms with Crippen molar-refractivity contribution in [3.8, 4) is 22.9 Å². The van der Waals surface area contributed by atoms with Crippen molar-refractivity contribution in [2.24, 2.45) is 7.05 Å². The summed E-state index contributed by atoms with van der Waals surface area (Å²) < 4.78 is 15.5. The summed E-state index contributed by atoms with van der Waals surface area (Å²) in [6.45, 7) is 4.53. The Labute approximate surface area is 176 Å². The van der Waals surface area contributed by atoms with Crippen LogP contribution < -0.4 is 9.47 Å². The highest BCUT2D eigenvalue weighted by Crippen LogP contribution is 2.33. The van der Waals surface area contributed by atoms with Gasteiger partial charge in [-0.2, -0.15) is 5.10 Å². The third-order valence-corrected chi connectivity index (χ3v) is 6.04. The van der Waals surface area contributed by atoms with Gasteiger partial charge in [0.15, 0.2) is 22.1 Å². The molecule has 0 saturated heterocycles. The zero-order chi connectivity index (χ0) is 20.5. The predicted molar refractivity (Wildman–Crippen MR) is 116 cm³/mol. The second-order valence-electron chi connectivity index (χ2n) is 7.40. The van der Waals surface area contributed by atoms with Crippen LogP contribution in [0.3, 0.4) is 0 Å². The number of hydrogen-bond donors (Lipinski definition) is 0. The van der Waals surface area contributed by atoms with Crippen LogP contribution in [0.25, 0.3) is 11.4 Å². The zero-order valence-electron chi connectivity index (χ0n) is 17.3. The number of aryl methyl sites for hydroxylation is 1. The number of fused-ring (bicyclic) bond motifs is 1. The molecule has 2 aromatic carbocycles. The quantitative estimate of drug-likeness (QED) is 0.596. The van der Waals surface area contributed by atoms with Crippen LogP contribution in [-0.4, -0.2) is 40.0 Å². The van der Waals surface area contributed by atoms with E-state index in [4.69, 9.17) is 26.8 Å². The smallest absolute Gasteiger partial charge is 0.199 e. The molecule has 0 atom stereocenters. The lowest BCUT2D eigenvalue weighted by Crippen LogP contribution is -2.32. The molecule has 2 heterocycles. The normalized spacial score (nSPS) is 13.9. The lowest BCUT2D eigenvalue weighted by atomic mass is 9.99. The van der Waals surface area contributed by atoms with Gasteiger partial charge in [0.1, 0.15) is 0 Å². The fraction of sp³-hybridized carbons (Fsp3) is 0.364. The van der Waals surface area contributed by atoms with E-state index in [1.54, 1.807) is 14.2 Å². The number of hydrogen-bond acceptors (Lipinski definition) is 5. The molecule has 6 nitrogen and oxygen atoms in total. The lowest BCUT2D eigenvalue weighted by molar-refractivity contribution is 0.187. The molecule has 7 heteroatoms. The van der Waals surface area contributed by atoms with Crippen molar-refractivity contribution >= 4 is 12.2 Å². The van der Waals surface area contributed by atoms with E-state index in [9.17, 15) is 0 Å². The van der Waals surface area contributed by atoms with Crippen LogP contribution in [0.5, 0.6) is 11.5 Å². The molecule has 3 aromatic rings. The van der Waals surface area contributed by atoms with Crippen LogP contribution in [0.2, 0.25) is 0 Å². The van der Waals surface area contributed by atoms with E-state index in [1.165, 1.54) is 16.7 Å². The van der Waals surface area contributed by atoms with Crippen LogP contribution in [0.15, 0.2) is 36.4 Å². The Bertz CT molecular complexity index is 1100. The number of benzene rings is 2. The van der Waals surface area contributed by atoms with Crippen LogP contribution in [0.4, 0.5) is 0 Å². The van der Waals surface area contributed by atoms with E-state index in [2.05, 4.69) is 36.1 Å². The summed E-state index contributed by atoms with van der Waals surface area (Å²) >= 11 is 5.68. The average Bonchev–Trinajstić information content (AvgIpc) is 3.01. The van der Waals surface area contributed by atoms with E-state index in [0.717, 1.165) is 47.2 Å². The molecule has 0 bridgehead atoms. The highest BCUT2D eigenvalue weighted by Gasteiger charge is 2.21. The number of nitrogens with zero attached hydrogens (tertiary/aromatic N) is 4. The first-order valence-electron chi connectivity index (χ1n) is 9.67. The maximum atomic E-state index is 5.68. The maximum absolute atomic E-state index is 5.68. The molecule has 1 aliphatic heterocycles. The molecular weight excluding hydrogens is 384 g/mol. The van der Waals surface area contributed by atoms with Crippen molar-refractivity contribution in [2.45, 2.75) is 26.6 Å². The molecule has 0 fully saturated rings. The van der Waals surface area contributed by atoms with Crippen LogP contribution in [-0.2, 0) is 26.7 Å². The highest BCUT2D eigenvalue weighted by molar-refractivity contribution is 7.71. The summed E-state index contributed by atoms with van der Waals surface area (Å²) in [6, 6.07) is 12.4. The molecule has 1 aliphatic rings. The van der Waals surface area contributed by atoms with Crippen LogP contribution >= 0.6 is 12.2 Å². The van der Waals surface area contributed by atoms with Gasteiger partial charge in [-0.05, 0) is 54.4 Å². The van der Waals surface area contributed by atoms with E-state index >= 15 is 0 Å². The molecule has 1 aromatic heterocycles. The predicted octanol–water partition coefficient (Wildman–Crippen LogP) is 3.96. The first kappa shape index (κ1) is 19.7. The summed E-state index contributed by atoms with van der Waals surface area (Å²) in [7, 11) is 5.33. The van der Waals surface area contributed by atoms with E-state index in [1.807, 2.05) is 28.4 Å². The molecule has 0 radical (unpaired) electrons. The summed E-state index contributed by atoms with van der Waals surface area (Å²) in [5.41, 5.74) is 4.87. The first-order chi connectivity index (χ1) is 14.0. The van der Waals surface area contributed by atoms with Gasteiger partial charge in [-0.15, -0.1) is 0 Å². The number of ether oxygens (including phenoxy) is 2. The third kappa shape index (κ3) is 3.68. The van der Waals surface area contributed by atoms with Gasteiger partial charge in [0, 0.05) is 25.7 Å². The highest BCUT2D eigenvalue weighted by atomic mass is 32.1. The molecule has 152 valence electrons. The summed E-state index contributed by atoms with van der Waals surface area (Å²) in [4.78, 5) is 2.36. The monoisotopic (exact) mass is 410 g/mol. The molecule has 29 heavy (non-hydrogen) atoms. The first-order valence-corrected chi connectivity index (χ1v) is 10.1. The summed E-state index contributed by atoms with van der Waals surface area (Å²) in [5, 5.41) is 4.84. The molecule has 0 unspecified atom stereocenters. The van der Waals surface area contributed by atoms with E-state index in [0.29, 0.717) is 6.67 Å². The second-order valence-corrected chi connectivity index (χ2v) is 7.76. The Kier molecular flexibility index (Phi) is 5.43. The Balaban J connectivity index is 1.59. The molecule has 0 saturated carbocycles. The summed E-state index contributed by atoms with van der Waals surface area (Å²) in [6.07, 6.45) is 0.959. The minimum atomic E-state index is 0.659. The van der Waals surface area contributed by atoms with Gasteiger partial charge >= 0.3 is 0 Å². The van der Waals surface area contributed by atoms with Gasteiger partial charge in [0.2, 0.25) is 0 Å². The van der Waals surface area contributed by atoms with E-state index in [-0.39, 0.29) is 0 Å². The third-order valence-electron chi connectivity index (χ3n) is 5.56. The van der Waals surface area contributed by atoms with Crippen molar-refractivity contribution < 1.29 is 9.47 Å². The standard InChI is InChI=1S/C22H26N4O2S/c1-15-7-5-6-8-18(15)21-23-26(22(29)24(21)2)14-25-10-9-16-11-19(27-3)20(28-4)12-17(16)13-25/h5-8,11-12H,9-10,13-14H2,1-4H3. The van der Waals surface area contributed by atoms with Crippen LogP contribution in [0.1, 0.15) is 16.7 Å². The van der Waals surface area contributed by atoms with Crippen molar-refractivity contribution in [1.82, 2.24) is 19.2 Å². The Hall–Kier alpha value is -2.64. The minimum absolute atomic E-state index is 0.659. The van der Waals surface area contributed by atoms with Gasteiger partial charge < -0.3 is 14.0 Å². The maximum Gasteiger partial charge on any atom is 0.199 e. The summed E-state index contributed by atoms with van der Waals surface area (Å²) in [5.74, 6) is 2.45. The molecule has 0 N–H and O–H groups in total. The number of methoxy groups -OCH3 is 2. The van der Waals surface area contributed by atoms with Crippen molar-refractivity contribution in [3.05, 3.63) is 57.9 Å².